The lowest BCUT2D eigenvalue weighted by Crippen LogP contribution is -2.19. The van der Waals surface area contributed by atoms with Crippen LogP contribution < -0.4 is 10.1 Å². The fraction of sp³-hybridized carbons (Fsp3) is 0.111. The minimum atomic E-state index is -4.51. The van der Waals surface area contributed by atoms with Crippen LogP contribution in [0.25, 0.3) is 10.9 Å². The van der Waals surface area contributed by atoms with Gasteiger partial charge in [0.2, 0.25) is 0 Å². The van der Waals surface area contributed by atoms with E-state index >= 15 is 0 Å². The number of nitrogens with one attached hydrogen (secondary N) is 1. The van der Waals surface area contributed by atoms with Crippen molar-refractivity contribution in [2.75, 3.05) is 5.32 Å². The summed E-state index contributed by atoms with van der Waals surface area (Å²) in [6.45, 7) is -1.33. The third-order valence-electron chi connectivity index (χ3n) is 3.83. The minimum Gasteiger partial charge on any atom is -0.455 e. The van der Waals surface area contributed by atoms with Gasteiger partial charge < -0.3 is 14.5 Å². The second-order valence-corrected chi connectivity index (χ2v) is 5.89. The van der Waals surface area contributed by atoms with Crippen LogP contribution in [-0.2, 0) is 6.54 Å². The number of nitrogens with zero attached hydrogens (tertiary/aromatic N) is 4. The van der Waals surface area contributed by atoms with Crippen molar-refractivity contribution < 1.29 is 27.1 Å². The fourth-order valence-corrected chi connectivity index (χ4v) is 2.69. The van der Waals surface area contributed by atoms with Gasteiger partial charge in [0.1, 0.15) is 24.3 Å². The highest BCUT2D eigenvalue weighted by atomic mass is 19.4. The minimum absolute atomic E-state index is 0.0471. The predicted octanol–water partition coefficient (Wildman–Crippen LogP) is 4.03. The van der Waals surface area contributed by atoms with Crippen LogP contribution in [0.15, 0.2) is 59.8 Å². The van der Waals surface area contributed by atoms with Crippen LogP contribution in [0.4, 0.5) is 19.0 Å². The molecule has 0 aliphatic heterocycles. The van der Waals surface area contributed by atoms with Gasteiger partial charge in [-0.2, -0.15) is 18.3 Å². The zero-order valence-electron chi connectivity index (χ0n) is 14.6. The van der Waals surface area contributed by atoms with Crippen LogP contribution in [0, 0.1) is 0 Å². The summed E-state index contributed by atoms with van der Waals surface area (Å²) in [5.41, 5.74) is 0.0911. The third-order valence-corrected chi connectivity index (χ3v) is 3.83. The first-order valence-corrected chi connectivity index (χ1v) is 8.24. The van der Waals surface area contributed by atoms with E-state index in [1.165, 1.54) is 18.3 Å². The average Bonchev–Trinajstić information content (AvgIpc) is 3.31. The lowest BCUT2D eigenvalue weighted by atomic mass is 10.2. The van der Waals surface area contributed by atoms with Crippen molar-refractivity contribution in [2.24, 2.45) is 0 Å². The van der Waals surface area contributed by atoms with E-state index in [1.807, 2.05) is 0 Å². The zero-order chi connectivity index (χ0) is 20.4. The largest absolute Gasteiger partial charge is 0.455 e. The number of pyridine rings is 1. The van der Waals surface area contributed by atoms with Crippen LogP contribution in [0.3, 0.4) is 0 Å². The van der Waals surface area contributed by atoms with Crippen LogP contribution in [0.2, 0.25) is 0 Å². The summed E-state index contributed by atoms with van der Waals surface area (Å²) in [7, 11) is 0. The molecular formula is C18H12F3N5O3. The molecule has 0 bridgehead atoms. The predicted molar refractivity (Wildman–Crippen MR) is 94.6 cm³/mol. The van der Waals surface area contributed by atoms with E-state index < -0.39 is 18.6 Å². The first-order valence-electron chi connectivity index (χ1n) is 8.24. The molecule has 3 heterocycles. The normalized spacial score (nSPS) is 11.6. The van der Waals surface area contributed by atoms with E-state index in [-0.39, 0.29) is 28.2 Å². The van der Waals surface area contributed by atoms with Crippen molar-refractivity contribution in [1.29, 1.82) is 0 Å². The Balaban J connectivity index is 1.80. The number of aromatic nitrogens is 4. The Hall–Kier alpha value is -3.89. The Bertz CT molecular complexity index is 1140. The number of fused-ring (bicyclic) bond motifs is 1. The quantitative estimate of drug-likeness (QED) is 0.541. The van der Waals surface area contributed by atoms with Crippen LogP contribution in [0.1, 0.15) is 10.5 Å². The summed E-state index contributed by atoms with van der Waals surface area (Å²) in [4.78, 5) is 20.0. The smallest absolute Gasteiger partial charge is 0.408 e. The van der Waals surface area contributed by atoms with Crippen molar-refractivity contribution in [2.45, 2.75) is 12.7 Å². The molecule has 1 N–H and O–H groups in total. The van der Waals surface area contributed by atoms with Crippen molar-refractivity contribution >= 4 is 22.6 Å². The number of benzene rings is 1. The standard InChI is InChI=1S/C18H12F3N5O3/c19-18(20,21)9-26-13-4-1-5-14(29-11-3-2-6-22-7-11)15(13)16(25-26)24-17(27)12-8-28-10-23-12/h1-8,10H,9H2,(H,24,25,27). The molecule has 4 aromatic rings. The number of alkyl halides is 3. The summed E-state index contributed by atoms with van der Waals surface area (Å²) >= 11 is 0. The molecule has 29 heavy (non-hydrogen) atoms. The van der Waals surface area contributed by atoms with E-state index in [0.29, 0.717) is 5.75 Å². The van der Waals surface area contributed by atoms with E-state index in [4.69, 9.17) is 9.15 Å². The first-order chi connectivity index (χ1) is 13.9. The molecule has 0 atom stereocenters. The molecule has 4 rings (SSSR count). The van der Waals surface area contributed by atoms with Gasteiger partial charge in [-0.25, -0.2) is 4.98 Å². The molecule has 3 aromatic heterocycles. The summed E-state index contributed by atoms with van der Waals surface area (Å²) < 4.78 is 50.3. The van der Waals surface area contributed by atoms with Crippen molar-refractivity contribution in [3.8, 4) is 11.5 Å². The summed E-state index contributed by atoms with van der Waals surface area (Å²) in [5, 5.41) is 6.61. The monoisotopic (exact) mass is 403 g/mol. The van der Waals surface area contributed by atoms with Crippen molar-refractivity contribution in [1.82, 2.24) is 19.7 Å². The first kappa shape index (κ1) is 18.5. The second kappa shape index (κ2) is 7.26. The lowest BCUT2D eigenvalue weighted by Gasteiger charge is -2.09. The van der Waals surface area contributed by atoms with Gasteiger partial charge in [0.05, 0.1) is 17.1 Å². The molecule has 0 fully saturated rings. The van der Waals surface area contributed by atoms with E-state index in [9.17, 15) is 18.0 Å². The molecule has 148 valence electrons. The number of oxazole rings is 1. The molecule has 11 heteroatoms. The number of hydrogen-bond donors (Lipinski definition) is 1. The van der Waals surface area contributed by atoms with Gasteiger partial charge in [-0.3, -0.25) is 14.5 Å². The number of rotatable bonds is 5. The lowest BCUT2D eigenvalue weighted by molar-refractivity contribution is -0.141. The summed E-state index contributed by atoms with van der Waals surface area (Å²) in [6.07, 6.45) is 0.668. The Morgan fingerprint density at radius 3 is 2.79 bits per heavy atom. The second-order valence-electron chi connectivity index (χ2n) is 5.89. The number of ether oxygens (including phenoxy) is 1. The Kier molecular flexibility index (Phi) is 4.63. The van der Waals surface area contributed by atoms with Crippen molar-refractivity contribution in [3.63, 3.8) is 0 Å². The molecule has 0 saturated carbocycles. The highest BCUT2D eigenvalue weighted by molar-refractivity contribution is 6.08. The van der Waals surface area contributed by atoms with Gasteiger partial charge >= 0.3 is 6.18 Å². The molecule has 0 aliphatic rings. The number of carbonyl (C=O) groups excluding carboxylic acids is 1. The van der Waals surface area contributed by atoms with Gasteiger partial charge in [-0.1, -0.05) is 6.07 Å². The molecule has 0 aliphatic carbocycles. The Morgan fingerprint density at radius 2 is 2.10 bits per heavy atom. The zero-order valence-corrected chi connectivity index (χ0v) is 14.6. The number of carbonyl (C=O) groups is 1. The van der Waals surface area contributed by atoms with Gasteiger partial charge in [0.15, 0.2) is 17.9 Å². The van der Waals surface area contributed by atoms with Crippen LogP contribution in [0.5, 0.6) is 11.5 Å². The summed E-state index contributed by atoms with van der Waals surface area (Å²) in [6, 6.07) is 7.83. The molecule has 1 aromatic carbocycles. The average molecular weight is 403 g/mol. The summed E-state index contributed by atoms with van der Waals surface area (Å²) in [5.74, 6) is -0.207. The van der Waals surface area contributed by atoms with Gasteiger partial charge in [-0.05, 0) is 24.3 Å². The van der Waals surface area contributed by atoms with Gasteiger partial charge in [0.25, 0.3) is 5.91 Å². The molecule has 0 unspecified atom stereocenters. The fourth-order valence-electron chi connectivity index (χ4n) is 2.69. The maximum atomic E-state index is 13.0. The van der Waals surface area contributed by atoms with Gasteiger partial charge in [-0.15, -0.1) is 0 Å². The molecule has 0 radical (unpaired) electrons. The number of anilines is 1. The number of hydrogen-bond acceptors (Lipinski definition) is 6. The molecule has 1 amide bonds. The number of amides is 1. The number of halogens is 3. The van der Waals surface area contributed by atoms with Crippen LogP contribution >= 0.6 is 0 Å². The van der Waals surface area contributed by atoms with E-state index in [1.54, 1.807) is 24.4 Å². The molecule has 0 saturated heterocycles. The van der Waals surface area contributed by atoms with Crippen molar-refractivity contribution in [3.05, 3.63) is 61.1 Å². The molecule has 0 spiro atoms. The highest BCUT2D eigenvalue weighted by Crippen LogP contribution is 2.36. The molecule has 8 nitrogen and oxygen atoms in total. The molecular weight excluding hydrogens is 391 g/mol. The SMILES string of the molecule is O=C(Nc1nn(CC(F)(F)F)c2cccc(Oc3cccnc3)c12)c1cocn1. The maximum Gasteiger partial charge on any atom is 0.408 e. The maximum absolute atomic E-state index is 13.0. The Labute approximate surface area is 160 Å². The third kappa shape index (κ3) is 4.03. The topological polar surface area (TPSA) is 95.1 Å². The van der Waals surface area contributed by atoms with E-state index in [2.05, 4.69) is 20.4 Å². The van der Waals surface area contributed by atoms with Gasteiger partial charge in [0, 0.05) is 6.20 Å². The Morgan fingerprint density at radius 1 is 1.24 bits per heavy atom. The highest BCUT2D eigenvalue weighted by Gasteiger charge is 2.31. The van der Waals surface area contributed by atoms with E-state index in [0.717, 1.165) is 17.3 Å². The van der Waals surface area contributed by atoms with Crippen LogP contribution in [-0.4, -0.2) is 31.8 Å².